The first-order chi connectivity index (χ1) is 11.6. The number of nitrogens with zero attached hydrogens (tertiary/aromatic N) is 1. The van der Waals surface area contributed by atoms with Crippen molar-refractivity contribution in [3.63, 3.8) is 0 Å². The highest BCUT2D eigenvalue weighted by Crippen LogP contribution is 2.54. The number of anilines is 2. The minimum Gasteiger partial charge on any atom is -0.377 e. The normalized spacial score (nSPS) is 19.4. The van der Waals surface area contributed by atoms with Gasteiger partial charge in [-0.3, -0.25) is 0 Å². The molecule has 0 bridgehead atoms. The number of halogens is 4. The Hall–Kier alpha value is -1.43. The van der Waals surface area contributed by atoms with Gasteiger partial charge in [0.15, 0.2) is 0 Å². The van der Waals surface area contributed by atoms with Crippen molar-refractivity contribution in [2.45, 2.75) is 38.2 Å². The van der Waals surface area contributed by atoms with Gasteiger partial charge in [0.1, 0.15) is 11.2 Å². The molecule has 1 unspecified atom stereocenters. The summed E-state index contributed by atoms with van der Waals surface area (Å²) in [6.07, 6.45) is 1.21. The Morgan fingerprint density at radius 1 is 1.20 bits per heavy atom. The maximum absolute atomic E-state index is 15.1. The molecule has 1 aromatic carbocycles. The monoisotopic (exact) mass is 386 g/mol. The number of aromatic nitrogens is 1. The second-order valence-electron chi connectivity index (χ2n) is 6.52. The lowest BCUT2D eigenvalue weighted by Gasteiger charge is -2.44. The van der Waals surface area contributed by atoms with Gasteiger partial charge in [-0.1, -0.05) is 23.2 Å². The van der Waals surface area contributed by atoms with E-state index in [-0.39, 0.29) is 17.7 Å². The van der Waals surface area contributed by atoms with Crippen molar-refractivity contribution in [2.24, 2.45) is 0 Å². The SMILES string of the molecule is CC(C)OCC1(C(C)(F)F)c2cc(Cl)ccc2Nc2ncc(Cl)cc21. The number of pyridine rings is 1. The number of rotatable bonds is 4. The van der Waals surface area contributed by atoms with Gasteiger partial charge in [0, 0.05) is 29.4 Å². The summed E-state index contributed by atoms with van der Waals surface area (Å²) >= 11 is 12.2. The maximum Gasteiger partial charge on any atom is 0.261 e. The Balaban J connectivity index is 2.34. The summed E-state index contributed by atoms with van der Waals surface area (Å²) in [5.74, 6) is -2.81. The van der Waals surface area contributed by atoms with Crippen LogP contribution in [0.25, 0.3) is 0 Å². The van der Waals surface area contributed by atoms with E-state index in [1.165, 1.54) is 12.3 Å². The standard InChI is InChI=1S/C18H18Cl2F2N2O/c1-10(2)25-9-18(17(3,21)22)13-6-11(19)4-5-15(13)24-16-14(18)7-12(20)8-23-16/h4-8,10H,9H2,1-3H3,(H,23,24). The molecule has 1 atom stereocenters. The molecular weight excluding hydrogens is 369 g/mol. The van der Waals surface area contributed by atoms with Crippen LogP contribution in [0.1, 0.15) is 31.9 Å². The molecule has 0 saturated carbocycles. The summed E-state index contributed by atoms with van der Waals surface area (Å²) in [6.45, 7) is 4.27. The molecule has 7 heteroatoms. The third-order valence-corrected chi connectivity index (χ3v) is 4.83. The summed E-state index contributed by atoms with van der Waals surface area (Å²) in [4.78, 5) is 4.21. The molecule has 1 aromatic heterocycles. The number of nitrogens with one attached hydrogen (secondary N) is 1. The third kappa shape index (κ3) is 3.09. The molecule has 2 aromatic rings. The molecule has 1 N–H and O–H groups in total. The van der Waals surface area contributed by atoms with Gasteiger partial charge in [0.25, 0.3) is 5.92 Å². The molecule has 3 nitrogen and oxygen atoms in total. The number of hydrogen-bond acceptors (Lipinski definition) is 3. The highest BCUT2D eigenvalue weighted by atomic mass is 35.5. The number of hydrogen-bond donors (Lipinski definition) is 1. The van der Waals surface area contributed by atoms with E-state index in [4.69, 9.17) is 27.9 Å². The average Bonchev–Trinajstić information content (AvgIpc) is 2.51. The summed E-state index contributed by atoms with van der Waals surface area (Å²) in [5.41, 5.74) is -0.566. The lowest BCUT2D eigenvalue weighted by Crippen LogP contribution is -2.50. The zero-order chi connectivity index (χ0) is 18.4. The van der Waals surface area contributed by atoms with E-state index in [9.17, 15) is 0 Å². The van der Waals surface area contributed by atoms with E-state index in [0.29, 0.717) is 27.7 Å². The van der Waals surface area contributed by atoms with Gasteiger partial charge in [0.05, 0.1) is 17.7 Å². The first-order valence-electron chi connectivity index (χ1n) is 7.87. The average molecular weight is 387 g/mol. The van der Waals surface area contributed by atoms with Crippen LogP contribution in [0, 0.1) is 0 Å². The van der Waals surface area contributed by atoms with E-state index in [1.807, 2.05) is 0 Å². The first-order valence-corrected chi connectivity index (χ1v) is 8.63. The zero-order valence-electron chi connectivity index (χ0n) is 14.0. The molecule has 3 rings (SSSR count). The molecule has 1 aliphatic rings. The Morgan fingerprint density at radius 3 is 2.52 bits per heavy atom. The van der Waals surface area contributed by atoms with E-state index in [2.05, 4.69) is 10.3 Å². The minimum absolute atomic E-state index is 0.215. The molecule has 0 amide bonds. The van der Waals surface area contributed by atoms with Crippen molar-refractivity contribution >= 4 is 34.7 Å². The predicted octanol–water partition coefficient (Wildman–Crippen LogP) is 5.81. The Bertz CT molecular complexity index is 755. The van der Waals surface area contributed by atoms with E-state index in [0.717, 1.165) is 6.92 Å². The smallest absolute Gasteiger partial charge is 0.261 e. The highest BCUT2D eigenvalue weighted by molar-refractivity contribution is 6.31. The Kier molecular flexibility index (Phi) is 4.69. The fourth-order valence-corrected chi connectivity index (χ4v) is 3.49. The van der Waals surface area contributed by atoms with Crippen LogP contribution in [0.2, 0.25) is 10.0 Å². The van der Waals surface area contributed by atoms with Gasteiger partial charge in [0.2, 0.25) is 0 Å². The van der Waals surface area contributed by atoms with Crippen LogP contribution in [-0.4, -0.2) is 23.6 Å². The molecule has 0 saturated heterocycles. The summed E-state index contributed by atoms with van der Waals surface area (Å²) in [5, 5.41) is 3.75. The predicted molar refractivity (Wildman–Crippen MR) is 96.5 cm³/mol. The number of fused-ring (bicyclic) bond motifs is 2. The Morgan fingerprint density at radius 2 is 1.88 bits per heavy atom. The minimum atomic E-state index is -3.15. The van der Waals surface area contributed by atoms with E-state index in [1.54, 1.807) is 32.0 Å². The summed E-state index contributed by atoms with van der Waals surface area (Å²) in [7, 11) is 0. The molecular formula is C18H18Cl2F2N2O. The van der Waals surface area contributed by atoms with Crippen LogP contribution in [0.15, 0.2) is 30.5 Å². The van der Waals surface area contributed by atoms with Crippen LogP contribution in [0.4, 0.5) is 20.3 Å². The summed E-state index contributed by atoms with van der Waals surface area (Å²) in [6, 6.07) is 6.39. The molecule has 0 aliphatic carbocycles. The molecule has 0 spiro atoms. The molecule has 0 radical (unpaired) electrons. The van der Waals surface area contributed by atoms with Gasteiger partial charge >= 0.3 is 0 Å². The molecule has 2 heterocycles. The highest BCUT2D eigenvalue weighted by Gasteiger charge is 2.57. The number of benzene rings is 1. The lowest BCUT2D eigenvalue weighted by molar-refractivity contribution is -0.0867. The van der Waals surface area contributed by atoms with Gasteiger partial charge < -0.3 is 10.1 Å². The fourth-order valence-electron chi connectivity index (χ4n) is 3.16. The van der Waals surface area contributed by atoms with Gasteiger partial charge in [-0.15, -0.1) is 0 Å². The van der Waals surface area contributed by atoms with E-state index >= 15 is 8.78 Å². The van der Waals surface area contributed by atoms with Crippen molar-refractivity contribution in [1.82, 2.24) is 4.98 Å². The van der Waals surface area contributed by atoms with Crippen LogP contribution < -0.4 is 5.32 Å². The van der Waals surface area contributed by atoms with Crippen LogP contribution >= 0.6 is 23.2 Å². The number of ether oxygens (including phenoxy) is 1. The van der Waals surface area contributed by atoms with Crippen molar-refractivity contribution in [2.75, 3.05) is 11.9 Å². The second-order valence-corrected chi connectivity index (χ2v) is 7.39. The van der Waals surface area contributed by atoms with Crippen molar-refractivity contribution in [3.8, 4) is 0 Å². The zero-order valence-corrected chi connectivity index (χ0v) is 15.6. The van der Waals surface area contributed by atoms with Crippen molar-refractivity contribution in [3.05, 3.63) is 51.6 Å². The Labute approximate surface area is 155 Å². The number of alkyl halides is 2. The van der Waals surface area contributed by atoms with Crippen LogP contribution in [-0.2, 0) is 10.2 Å². The topological polar surface area (TPSA) is 34.1 Å². The first kappa shape index (κ1) is 18.4. The van der Waals surface area contributed by atoms with Gasteiger partial charge in [-0.25, -0.2) is 13.8 Å². The third-order valence-electron chi connectivity index (χ3n) is 4.39. The quantitative estimate of drug-likeness (QED) is 0.719. The maximum atomic E-state index is 15.1. The molecule has 1 aliphatic heterocycles. The largest absolute Gasteiger partial charge is 0.377 e. The second kappa shape index (κ2) is 6.38. The summed E-state index contributed by atoms with van der Waals surface area (Å²) < 4.78 is 35.9. The van der Waals surface area contributed by atoms with Crippen LogP contribution in [0.3, 0.4) is 0 Å². The molecule has 25 heavy (non-hydrogen) atoms. The lowest BCUT2D eigenvalue weighted by atomic mass is 9.68. The van der Waals surface area contributed by atoms with E-state index < -0.39 is 11.3 Å². The fraction of sp³-hybridized carbons (Fsp3) is 0.389. The van der Waals surface area contributed by atoms with Gasteiger partial charge in [-0.2, -0.15) is 0 Å². The van der Waals surface area contributed by atoms with Crippen molar-refractivity contribution in [1.29, 1.82) is 0 Å². The molecule has 0 fully saturated rings. The van der Waals surface area contributed by atoms with Crippen LogP contribution in [0.5, 0.6) is 0 Å². The molecule has 134 valence electrons. The van der Waals surface area contributed by atoms with Gasteiger partial charge in [-0.05, 0) is 43.7 Å². The van der Waals surface area contributed by atoms with Crippen molar-refractivity contribution < 1.29 is 13.5 Å².